The first-order valence-corrected chi connectivity index (χ1v) is 11.1. The molecule has 0 aliphatic heterocycles. The van der Waals surface area contributed by atoms with Crippen LogP contribution in [-0.2, 0) is 10.0 Å². The number of hydrogen-bond acceptors (Lipinski definition) is 6. The highest BCUT2D eigenvalue weighted by Gasteiger charge is 2.39. The van der Waals surface area contributed by atoms with Gasteiger partial charge in [-0.3, -0.25) is 9.55 Å². The number of aromatic nitrogens is 4. The fraction of sp³-hybridized carbons (Fsp3) is 0.182. The van der Waals surface area contributed by atoms with Gasteiger partial charge in [0.05, 0.1) is 23.8 Å². The van der Waals surface area contributed by atoms with Gasteiger partial charge >= 0.3 is 6.18 Å². The topological polar surface area (TPSA) is 114 Å². The Kier molecular flexibility index (Phi) is 4.84. The van der Waals surface area contributed by atoms with Crippen molar-refractivity contribution in [3.05, 3.63) is 65.9 Å². The summed E-state index contributed by atoms with van der Waals surface area (Å²) in [5.74, 6) is -1.15. The summed E-state index contributed by atoms with van der Waals surface area (Å²) in [7, 11) is -4.86. The van der Waals surface area contributed by atoms with Crippen LogP contribution < -0.4 is 4.72 Å². The van der Waals surface area contributed by atoms with Crippen molar-refractivity contribution in [1.82, 2.24) is 24.2 Å². The van der Waals surface area contributed by atoms with Crippen LogP contribution in [0.5, 0.6) is 0 Å². The van der Waals surface area contributed by atoms with Crippen molar-refractivity contribution in [3.63, 3.8) is 0 Å². The largest absolute Gasteiger partial charge is 0.404 e. The zero-order valence-corrected chi connectivity index (χ0v) is 18.4. The number of hydrogen-bond donors (Lipinski definition) is 1. The summed E-state index contributed by atoms with van der Waals surface area (Å²) in [6.07, 6.45) is -1.79. The fourth-order valence-electron chi connectivity index (χ4n) is 3.27. The molecule has 180 valence electrons. The third kappa shape index (κ3) is 4.45. The van der Waals surface area contributed by atoms with Gasteiger partial charge in [-0.1, -0.05) is 0 Å². The van der Waals surface area contributed by atoms with Gasteiger partial charge in [0, 0.05) is 28.1 Å². The molecule has 0 radical (unpaired) electrons. The minimum Gasteiger partial charge on any atom is -0.275 e. The zero-order chi connectivity index (χ0) is 29.0. The summed E-state index contributed by atoms with van der Waals surface area (Å²) in [5, 5.41) is 9.93. The van der Waals surface area contributed by atoms with E-state index in [1.807, 2.05) is 6.07 Å². The first kappa shape index (κ1) is 19.4. The Morgan fingerprint density at radius 2 is 1.94 bits per heavy atom. The maximum Gasteiger partial charge on any atom is 0.404 e. The molecule has 1 aromatic carbocycles. The molecule has 13 heteroatoms. The lowest BCUT2D eigenvalue weighted by molar-refractivity contribution is -0.147. The highest BCUT2D eigenvalue weighted by Crippen LogP contribution is 2.36. The lowest BCUT2D eigenvalue weighted by Crippen LogP contribution is -2.42. The number of fused-ring (bicyclic) bond motifs is 1. The van der Waals surface area contributed by atoms with Gasteiger partial charge in [0.25, 0.3) is 0 Å². The second kappa shape index (κ2) is 8.71. The van der Waals surface area contributed by atoms with Crippen molar-refractivity contribution in [3.8, 4) is 23.4 Å². The smallest absolute Gasteiger partial charge is 0.275 e. The van der Waals surface area contributed by atoms with Crippen molar-refractivity contribution in [2.24, 2.45) is 0 Å². The van der Waals surface area contributed by atoms with Gasteiger partial charge < -0.3 is 0 Å². The van der Waals surface area contributed by atoms with E-state index in [4.69, 9.17) is 5.48 Å². The van der Waals surface area contributed by atoms with Crippen LogP contribution in [-0.4, -0.2) is 40.1 Å². The number of rotatable bonds is 5. The van der Waals surface area contributed by atoms with Crippen LogP contribution >= 0.6 is 0 Å². The average molecular weight is 508 g/mol. The molecule has 4 aromatic rings. The van der Waals surface area contributed by atoms with E-state index in [-0.39, 0.29) is 33.8 Å². The Morgan fingerprint density at radius 1 is 1.23 bits per heavy atom. The van der Waals surface area contributed by atoms with Crippen LogP contribution in [0, 0.1) is 24.0 Å². The van der Waals surface area contributed by atoms with E-state index in [9.17, 15) is 31.2 Å². The monoisotopic (exact) mass is 508 g/mol. The third-order valence-electron chi connectivity index (χ3n) is 4.92. The second-order valence-corrected chi connectivity index (χ2v) is 8.86. The van der Waals surface area contributed by atoms with E-state index in [1.165, 1.54) is 27.7 Å². The summed E-state index contributed by atoms with van der Waals surface area (Å²) in [5.41, 5.74) is -0.918. The molecule has 1 atom stereocenters. The number of nitrogens with one attached hydrogen (secondary N) is 1. The molecule has 35 heavy (non-hydrogen) atoms. The number of sulfonamides is 1. The number of aryl methyl sites for hydroxylation is 1. The van der Waals surface area contributed by atoms with Gasteiger partial charge in [0.2, 0.25) is 16.0 Å². The van der Waals surface area contributed by atoms with Gasteiger partial charge in [-0.05, 0) is 49.7 Å². The van der Waals surface area contributed by atoms with E-state index in [0.29, 0.717) is 13.1 Å². The van der Waals surface area contributed by atoms with Gasteiger partial charge in [0.1, 0.15) is 22.8 Å². The number of nitriles is 1. The molecule has 0 bridgehead atoms. The Morgan fingerprint density at radius 3 is 2.51 bits per heavy atom. The van der Waals surface area contributed by atoms with Gasteiger partial charge in [0.15, 0.2) is 0 Å². The highest BCUT2D eigenvalue weighted by atomic mass is 32.2. The van der Waals surface area contributed by atoms with Crippen LogP contribution in [0.1, 0.15) is 23.5 Å². The molecule has 0 aliphatic carbocycles. The molecule has 1 N–H and O–H groups in total. The van der Waals surface area contributed by atoms with E-state index in [2.05, 4.69) is 15.0 Å². The van der Waals surface area contributed by atoms with E-state index in [0.717, 1.165) is 24.3 Å². The summed E-state index contributed by atoms with van der Waals surface area (Å²) < 4.78 is 112. The molecule has 3 heterocycles. The molecule has 0 amide bonds. The summed E-state index contributed by atoms with van der Waals surface area (Å²) in [6.45, 7) is -2.52. The maximum atomic E-state index is 14.8. The van der Waals surface area contributed by atoms with Gasteiger partial charge in [-0.2, -0.15) is 23.2 Å². The Balaban J connectivity index is 1.95. The van der Waals surface area contributed by atoms with Gasteiger partial charge in [-0.25, -0.2) is 22.8 Å². The molecule has 3 aromatic heterocycles. The third-order valence-corrected chi connectivity index (χ3v) is 6.36. The highest BCUT2D eigenvalue weighted by molar-refractivity contribution is 7.89. The minimum atomic E-state index is -5.21. The lowest BCUT2D eigenvalue weighted by atomic mass is 10.1. The fourth-order valence-corrected chi connectivity index (χ4v) is 4.35. The van der Waals surface area contributed by atoms with Crippen LogP contribution in [0.2, 0.25) is 0 Å². The van der Waals surface area contributed by atoms with Crippen LogP contribution in [0.15, 0.2) is 53.8 Å². The van der Waals surface area contributed by atoms with Crippen molar-refractivity contribution < 1.29 is 31.5 Å². The number of alkyl halides is 3. The van der Waals surface area contributed by atoms with Crippen LogP contribution in [0.25, 0.3) is 28.2 Å². The Bertz CT molecular complexity index is 1720. The standard InChI is InChI=1S/C22H16F4N6O2S/c1-12-8-19-15(9-17(12)23)16(10-27)20(32(19)21-28-6-3-7-29-21)18-5-4-14(11-30-18)35(33,34)31-13(2)22(24,25)26/h3-9,11,13,31H,1-2H3/t13-/m0/s1/i1D3,13D. The number of halogens is 4. The van der Waals surface area contributed by atoms with E-state index < -0.39 is 45.3 Å². The van der Waals surface area contributed by atoms with E-state index >= 15 is 0 Å². The predicted octanol–water partition coefficient (Wildman–Crippen LogP) is 4.03. The predicted molar refractivity (Wildman–Crippen MR) is 117 cm³/mol. The van der Waals surface area contributed by atoms with Gasteiger partial charge in [-0.15, -0.1) is 0 Å². The lowest BCUT2D eigenvalue weighted by Gasteiger charge is -2.17. The number of nitrogens with zero attached hydrogens (tertiary/aromatic N) is 5. The van der Waals surface area contributed by atoms with Crippen molar-refractivity contribution >= 4 is 20.9 Å². The minimum absolute atomic E-state index is 0.0132. The molecular weight excluding hydrogens is 488 g/mol. The summed E-state index contributed by atoms with van der Waals surface area (Å²) in [6, 6.07) is 3.73. The Labute approximate surface area is 202 Å². The van der Waals surface area contributed by atoms with E-state index in [1.54, 1.807) is 0 Å². The Hall–Kier alpha value is -3.89. The van der Waals surface area contributed by atoms with Crippen LogP contribution in [0.3, 0.4) is 0 Å². The van der Waals surface area contributed by atoms with Crippen molar-refractivity contribution in [1.29, 1.82) is 5.26 Å². The maximum absolute atomic E-state index is 14.8. The van der Waals surface area contributed by atoms with Crippen LogP contribution in [0.4, 0.5) is 17.6 Å². The molecule has 4 rings (SSSR count). The van der Waals surface area contributed by atoms with Crippen molar-refractivity contribution in [2.45, 2.75) is 30.9 Å². The normalized spacial score (nSPS) is 16.0. The molecule has 0 saturated heterocycles. The molecular formula is C22H16F4N6O2S. The number of pyridine rings is 1. The zero-order valence-electron chi connectivity index (χ0n) is 21.6. The summed E-state index contributed by atoms with van der Waals surface area (Å²) in [4.78, 5) is 11.5. The molecule has 0 unspecified atom stereocenters. The molecule has 0 fully saturated rings. The molecule has 0 spiro atoms. The first-order valence-electron chi connectivity index (χ1n) is 11.6. The summed E-state index contributed by atoms with van der Waals surface area (Å²) >= 11 is 0. The van der Waals surface area contributed by atoms with Crippen molar-refractivity contribution in [2.75, 3.05) is 0 Å². The molecule has 0 aliphatic rings. The second-order valence-electron chi connectivity index (χ2n) is 7.18. The SMILES string of the molecule is [2H]C([2H])([2H])c1cc2c(cc1F)c(C#N)c(-c1ccc(S(=O)(=O)N[C@@]([2H])(C)C(F)(F)F)cn1)n2-c1ncccn1. The average Bonchev–Trinajstić information content (AvgIpc) is 3.15. The quantitative estimate of drug-likeness (QED) is 0.407. The first-order chi connectivity index (χ1) is 18.0. The number of benzene rings is 1. The molecule has 8 nitrogen and oxygen atoms in total. The molecule has 0 saturated carbocycles.